The maximum atomic E-state index is 3.52. The van der Waals surface area contributed by atoms with Gasteiger partial charge in [0, 0.05) is 0 Å². The van der Waals surface area contributed by atoms with E-state index in [2.05, 4.69) is 50.4 Å². The van der Waals surface area contributed by atoms with Crippen LogP contribution in [0.25, 0.3) is 0 Å². The van der Waals surface area contributed by atoms with Crippen LogP contribution in [0.5, 0.6) is 0 Å². The second-order valence-electron chi connectivity index (χ2n) is 5.93. The van der Waals surface area contributed by atoms with E-state index in [1.54, 1.807) is 5.56 Å². The van der Waals surface area contributed by atoms with Gasteiger partial charge < -0.3 is 5.32 Å². The van der Waals surface area contributed by atoms with E-state index in [1.165, 1.54) is 31.4 Å². The lowest BCUT2D eigenvalue weighted by atomic mass is 9.87. The van der Waals surface area contributed by atoms with Crippen LogP contribution in [-0.4, -0.2) is 13.1 Å². The van der Waals surface area contributed by atoms with Crippen molar-refractivity contribution in [3.8, 4) is 0 Å². The van der Waals surface area contributed by atoms with Crippen molar-refractivity contribution in [2.24, 2.45) is 5.92 Å². The lowest BCUT2D eigenvalue weighted by molar-refractivity contribution is 0.450. The first-order valence-electron chi connectivity index (χ1n) is 7.53. The maximum Gasteiger partial charge on any atom is -0.00148 e. The Labute approximate surface area is 112 Å². The lowest BCUT2D eigenvalue weighted by Crippen LogP contribution is -2.24. The Morgan fingerprint density at radius 2 is 1.89 bits per heavy atom. The van der Waals surface area contributed by atoms with E-state index in [0.29, 0.717) is 5.92 Å². The normalized spacial score (nSPS) is 23.8. The summed E-state index contributed by atoms with van der Waals surface area (Å²) < 4.78 is 0. The smallest absolute Gasteiger partial charge is 0.00148 e. The number of hydrogen-bond donors (Lipinski definition) is 1. The van der Waals surface area contributed by atoms with Gasteiger partial charge in [0.25, 0.3) is 0 Å². The molecule has 1 fully saturated rings. The molecule has 1 saturated carbocycles. The quantitative estimate of drug-likeness (QED) is 0.815. The van der Waals surface area contributed by atoms with Crippen LogP contribution in [0.15, 0.2) is 24.3 Å². The summed E-state index contributed by atoms with van der Waals surface area (Å²) in [5.74, 6) is 2.26. The maximum absolute atomic E-state index is 3.52. The SMILES string of the molecule is CCNCC1CCCC1c1ccc(C(C)C)cc1. The number of hydrogen-bond acceptors (Lipinski definition) is 1. The van der Waals surface area contributed by atoms with Crippen molar-refractivity contribution < 1.29 is 0 Å². The van der Waals surface area contributed by atoms with Gasteiger partial charge in [-0.3, -0.25) is 0 Å². The molecule has 1 heteroatoms. The van der Waals surface area contributed by atoms with Crippen molar-refractivity contribution in [2.45, 2.75) is 51.9 Å². The zero-order valence-corrected chi connectivity index (χ0v) is 12.1. The number of rotatable bonds is 5. The van der Waals surface area contributed by atoms with Crippen LogP contribution < -0.4 is 5.32 Å². The van der Waals surface area contributed by atoms with E-state index >= 15 is 0 Å². The van der Waals surface area contributed by atoms with Crippen molar-refractivity contribution in [1.82, 2.24) is 5.32 Å². The van der Waals surface area contributed by atoms with Crippen molar-refractivity contribution in [2.75, 3.05) is 13.1 Å². The Balaban J connectivity index is 2.05. The van der Waals surface area contributed by atoms with Gasteiger partial charge in [-0.15, -0.1) is 0 Å². The zero-order valence-electron chi connectivity index (χ0n) is 12.1. The van der Waals surface area contributed by atoms with Crippen LogP contribution >= 0.6 is 0 Å². The minimum absolute atomic E-state index is 0.639. The van der Waals surface area contributed by atoms with Gasteiger partial charge in [-0.1, -0.05) is 51.5 Å². The van der Waals surface area contributed by atoms with Crippen molar-refractivity contribution in [3.63, 3.8) is 0 Å². The minimum Gasteiger partial charge on any atom is -0.317 e. The zero-order chi connectivity index (χ0) is 13.0. The summed E-state index contributed by atoms with van der Waals surface area (Å²) in [6.45, 7) is 9.00. The molecule has 0 bridgehead atoms. The first kappa shape index (κ1) is 13.6. The van der Waals surface area contributed by atoms with Crippen LogP contribution in [0.2, 0.25) is 0 Å². The van der Waals surface area contributed by atoms with Gasteiger partial charge in [-0.25, -0.2) is 0 Å². The van der Waals surface area contributed by atoms with Crippen molar-refractivity contribution in [3.05, 3.63) is 35.4 Å². The van der Waals surface area contributed by atoms with Gasteiger partial charge in [-0.2, -0.15) is 0 Å². The summed E-state index contributed by atoms with van der Waals surface area (Å²) in [5.41, 5.74) is 3.01. The molecule has 0 saturated heterocycles. The summed E-state index contributed by atoms with van der Waals surface area (Å²) in [5, 5.41) is 3.52. The molecular weight excluding hydrogens is 218 g/mol. The summed E-state index contributed by atoms with van der Waals surface area (Å²) >= 11 is 0. The highest BCUT2D eigenvalue weighted by atomic mass is 14.8. The third-order valence-electron chi connectivity index (χ3n) is 4.35. The first-order chi connectivity index (χ1) is 8.72. The highest BCUT2D eigenvalue weighted by Gasteiger charge is 2.27. The summed E-state index contributed by atoms with van der Waals surface area (Å²) in [7, 11) is 0. The molecule has 1 nitrogen and oxygen atoms in total. The van der Waals surface area contributed by atoms with Crippen LogP contribution in [0.4, 0.5) is 0 Å². The largest absolute Gasteiger partial charge is 0.317 e. The second kappa shape index (κ2) is 6.38. The molecule has 2 rings (SSSR count). The Morgan fingerprint density at radius 3 is 2.50 bits per heavy atom. The van der Waals surface area contributed by atoms with Crippen LogP contribution in [-0.2, 0) is 0 Å². The molecule has 0 aromatic heterocycles. The highest BCUT2D eigenvalue weighted by molar-refractivity contribution is 5.28. The third kappa shape index (κ3) is 3.14. The van der Waals surface area contributed by atoms with Crippen LogP contribution in [0.3, 0.4) is 0 Å². The molecule has 2 atom stereocenters. The lowest BCUT2D eigenvalue weighted by Gasteiger charge is -2.21. The number of benzene rings is 1. The second-order valence-corrected chi connectivity index (χ2v) is 5.93. The molecule has 0 heterocycles. The van der Waals surface area contributed by atoms with Crippen LogP contribution in [0, 0.1) is 5.92 Å². The molecule has 0 amide bonds. The molecular formula is C17H27N. The Bertz CT molecular complexity index is 352. The van der Waals surface area contributed by atoms with E-state index < -0.39 is 0 Å². The Kier molecular flexibility index (Phi) is 4.82. The fourth-order valence-electron chi connectivity index (χ4n) is 3.18. The molecule has 1 aliphatic carbocycles. The van der Waals surface area contributed by atoms with Crippen molar-refractivity contribution >= 4 is 0 Å². The summed E-state index contributed by atoms with van der Waals surface area (Å²) in [6, 6.07) is 9.37. The molecule has 2 unspecified atom stereocenters. The third-order valence-corrected chi connectivity index (χ3v) is 4.35. The standard InChI is InChI=1S/C17H27N/c1-4-18-12-16-6-5-7-17(16)15-10-8-14(9-11-15)13(2)3/h8-11,13,16-18H,4-7,12H2,1-3H3. The molecule has 1 aromatic rings. The Hall–Kier alpha value is -0.820. The van der Waals surface area contributed by atoms with E-state index in [4.69, 9.17) is 0 Å². The molecule has 1 N–H and O–H groups in total. The molecule has 1 aliphatic rings. The molecule has 0 spiro atoms. The molecule has 0 radical (unpaired) electrons. The fraction of sp³-hybridized carbons (Fsp3) is 0.647. The Morgan fingerprint density at radius 1 is 1.17 bits per heavy atom. The average molecular weight is 245 g/mol. The van der Waals surface area contributed by atoms with E-state index in [9.17, 15) is 0 Å². The average Bonchev–Trinajstić information content (AvgIpc) is 2.84. The monoisotopic (exact) mass is 245 g/mol. The molecule has 18 heavy (non-hydrogen) atoms. The highest BCUT2D eigenvalue weighted by Crippen LogP contribution is 2.39. The molecule has 1 aromatic carbocycles. The summed E-state index contributed by atoms with van der Waals surface area (Å²) in [6.07, 6.45) is 4.16. The molecule has 0 aliphatic heterocycles. The van der Waals surface area contributed by atoms with E-state index in [0.717, 1.165) is 18.4 Å². The van der Waals surface area contributed by atoms with E-state index in [-0.39, 0.29) is 0 Å². The van der Waals surface area contributed by atoms with Gasteiger partial charge in [0.05, 0.1) is 0 Å². The van der Waals surface area contributed by atoms with Crippen LogP contribution in [0.1, 0.15) is 63.0 Å². The van der Waals surface area contributed by atoms with Crippen molar-refractivity contribution in [1.29, 1.82) is 0 Å². The minimum atomic E-state index is 0.639. The number of nitrogens with one attached hydrogen (secondary N) is 1. The summed E-state index contributed by atoms with van der Waals surface area (Å²) in [4.78, 5) is 0. The fourth-order valence-corrected chi connectivity index (χ4v) is 3.18. The molecule has 100 valence electrons. The van der Waals surface area contributed by atoms with Gasteiger partial charge in [-0.05, 0) is 54.8 Å². The predicted molar refractivity (Wildman–Crippen MR) is 79.2 cm³/mol. The predicted octanol–water partition coefficient (Wildman–Crippen LogP) is 4.30. The van der Waals surface area contributed by atoms with Gasteiger partial charge in [0.1, 0.15) is 0 Å². The van der Waals surface area contributed by atoms with E-state index in [1.807, 2.05) is 0 Å². The topological polar surface area (TPSA) is 12.0 Å². The van der Waals surface area contributed by atoms with Gasteiger partial charge >= 0.3 is 0 Å². The van der Waals surface area contributed by atoms with Gasteiger partial charge in [0.2, 0.25) is 0 Å². The van der Waals surface area contributed by atoms with Gasteiger partial charge in [0.15, 0.2) is 0 Å². The first-order valence-corrected chi connectivity index (χ1v) is 7.53.